The molecule has 0 bridgehead atoms. The minimum absolute atomic E-state index is 0.293. The summed E-state index contributed by atoms with van der Waals surface area (Å²) in [6.07, 6.45) is 4.69. The Balaban J connectivity index is 2.24. The molecule has 1 aliphatic carbocycles. The highest BCUT2D eigenvalue weighted by Crippen LogP contribution is 2.29. The molecule has 1 unspecified atom stereocenters. The Bertz CT molecular complexity index is 783. The van der Waals surface area contributed by atoms with Crippen LogP contribution in [0.3, 0.4) is 0 Å². The van der Waals surface area contributed by atoms with Crippen LogP contribution in [0, 0.1) is 0 Å². The third-order valence-electron chi connectivity index (χ3n) is 3.46. The van der Waals surface area contributed by atoms with Crippen LogP contribution in [-0.4, -0.2) is 27.7 Å². The van der Waals surface area contributed by atoms with E-state index in [1.807, 2.05) is 0 Å². The Morgan fingerprint density at radius 1 is 1.50 bits per heavy atom. The minimum Gasteiger partial charge on any atom is -0.444 e. The lowest BCUT2D eigenvalue weighted by Gasteiger charge is -2.23. The minimum atomic E-state index is -0.430. The van der Waals surface area contributed by atoms with E-state index in [-0.39, 0.29) is 11.7 Å². The van der Waals surface area contributed by atoms with Crippen molar-refractivity contribution in [1.82, 2.24) is 14.5 Å². The zero-order chi connectivity index (χ0) is 14.3. The second-order valence-electron chi connectivity index (χ2n) is 4.58. The number of fused-ring (bicyclic) bond motifs is 1. The summed E-state index contributed by atoms with van der Waals surface area (Å²) in [7, 11) is 3.00. The van der Waals surface area contributed by atoms with Crippen molar-refractivity contribution in [2.75, 3.05) is 7.11 Å². The molecule has 3 rings (SSSR count). The van der Waals surface area contributed by atoms with E-state index in [1.165, 1.54) is 13.4 Å². The van der Waals surface area contributed by atoms with Gasteiger partial charge >= 0.3 is 5.69 Å². The van der Waals surface area contributed by atoms with E-state index in [0.29, 0.717) is 23.4 Å². The van der Waals surface area contributed by atoms with Gasteiger partial charge in [0, 0.05) is 31.8 Å². The normalized spacial score (nSPS) is 17.7. The zero-order valence-corrected chi connectivity index (χ0v) is 11.0. The number of aromatic nitrogens is 3. The van der Waals surface area contributed by atoms with Crippen molar-refractivity contribution in [3.05, 3.63) is 50.4 Å². The Morgan fingerprint density at radius 3 is 2.95 bits per heavy atom. The number of methoxy groups -OCH3 is 1. The third kappa shape index (κ3) is 1.83. The number of aromatic amines is 1. The van der Waals surface area contributed by atoms with Crippen LogP contribution in [0.5, 0.6) is 0 Å². The summed E-state index contributed by atoms with van der Waals surface area (Å²) < 4.78 is 11.7. The molecule has 20 heavy (non-hydrogen) atoms. The maximum Gasteiger partial charge on any atom is 0.328 e. The van der Waals surface area contributed by atoms with Gasteiger partial charge in [-0.2, -0.15) is 0 Å². The monoisotopic (exact) mass is 275 g/mol. The third-order valence-corrected chi connectivity index (χ3v) is 3.46. The van der Waals surface area contributed by atoms with Crippen LogP contribution < -0.4 is 11.2 Å². The van der Waals surface area contributed by atoms with Crippen LogP contribution in [0.25, 0.3) is 11.6 Å². The number of rotatable bonds is 2. The first-order valence-electron chi connectivity index (χ1n) is 6.07. The Hall–Kier alpha value is -2.41. The fraction of sp³-hybridized carbons (Fsp3) is 0.308. The fourth-order valence-corrected chi connectivity index (χ4v) is 2.33. The second kappa shape index (κ2) is 4.61. The van der Waals surface area contributed by atoms with Crippen LogP contribution in [0.1, 0.15) is 17.0 Å². The highest BCUT2D eigenvalue weighted by molar-refractivity contribution is 5.84. The molecule has 0 saturated carbocycles. The predicted octanol–water partition coefficient (Wildman–Crippen LogP) is 0.173. The first-order valence-corrected chi connectivity index (χ1v) is 6.07. The van der Waals surface area contributed by atoms with Crippen molar-refractivity contribution in [3.63, 3.8) is 0 Å². The van der Waals surface area contributed by atoms with Gasteiger partial charge in [-0.3, -0.25) is 9.36 Å². The lowest BCUT2D eigenvalue weighted by molar-refractivity contribution is 0.146. The number of H-pyrrole nitrogens is 1. The average molecular weight is 275 g/mol. The highest BCUT2D eigenvalue weighted by Gasteiger charge is 2.27. The quantitative estimate of drug-likeness (QED) is 0.844. The van der Waals surface area contributed by atoms with Gasteiger partial charge in [0.05, 0.1) is 17.9 Å². The van der Waals surface area contributed by atoms with Crippen molar-refractivity contribution in [2.45, 2.75) is 12.5 Å². The Kier molecular flexibility index (Phi) is 2.90. The lowest BCUT2D eigenvalue weighted by atomic mass is 9.93. The van der Waals surface area contributed by atoms with Gasteiger partial charge in [-0.25, -0.2) is 9.78 Å². The molecule has 2 heterocycles. The van der Waals surface area contributed by atoms with Crippen LogP contribution in [0.15, 0.2) is 26.6 Å². The van der Waals surface area contributed by atoms with Crippen LogP contribution in [0.4, 0.5) is 0 Å². The maximum atomic E-state index is 12.2. The van der Waals surface area contributed by atoms with Gasteiger partial charge in [0.2, 0.25) is 0 Å². The zero-order valence-electron chi connectivity index (χ0n) is 11.0. The molecule has 7 nitrogen and oxygen atoms in total. The van der Waals surface area contributed by atoms with Gasteiger partial charge < -0.3 is 14.1 Å². The largest absolute Gasteiger partial charge is 0.444 e. The van der Waals surface area contributed by atoms with E-state index in [2.05, 4.69) is 9.97 Å². The summed E-state index contributed by atoms with van der Waals surface area (Å²) in [5, 5.41) is 0. The summed E-state index contributed by atoms with van der Waals surface area (Å²) >= 11 is 0. The first-order chi connectivity index (χ1) is 9.61. The van der Waals surface area contributed by atoms with E-state index in [4.69, 9.17) is 9.15 Å². The van der Waals surface area contributed by atoms with Crippen molar-refractivity contribution < 1.29 is 9.15 Å². The van der Waals surface area contributed by atoms with E-state index < -0.39 is 5.69 Å². The second-order valence-corrected chi connectivity index (χ2v) is 4.58. The molecule has 0 spiro atoms. The van der Waals surface area contributed by atoms with Gasteiger partial charge in [0.15, 0.2) is 12.2 Å². The van der Waals surface area contributed by atoms with Crippen molar-refractivity contribution in [3.8, 4) is 0 Å². The molecule has 0 aliphatic heterocycles. The molecule has 2 aromatic heterocycles. The van der Waals surface area contributed by atoms with Crippen molar-refractivity contribution >= 4 is 11.6 Å². The molecular weight excluding hydrogens is 262 g/mol. The van der Waals surface area contributed by atoms with Gasteiger partial charge in [-0.1, -0.05) is 0 Å². The van der Waals surface area contributed by atoms with Gasteiger partial charge in [0.25, 0.3) is 5.56 Å². The molecule has 0 saturated heterocycles. The number of hydrogen-bond donors (Lipinski definition) is 1. The van der Waals surface area contributed by atoms with E-state index in [0.717, 1.165) is 10.1 Å². The number of hydrogen-bond acceptors (Lipinski definition) is 5. The van der Waals surface area contributed by atoms with Crippen molar-refractivity contribution in [1.29, 1.82) is 0 Å². The maximum absolute atomic E-state index is 12.2. The first kappa shape index (κ1) is 12.6. The summed E-state index contributed by atoms with van der Waals surface area (Å²) in [6, 6.07) is 0. The molecular formula is C13H13N3O4. The summed E-state index contributed by atoms with van der Waals surface area (Å²) in [4.78, 5) is 30.4. The molecule has 0 aromatic carbocycles. The fourth-order valence-electron chi connectivity index (χ4n) is 2.33. The summed E-state index contributed by atoms with van der Waals surface area (Å²) in [6.45, 7) is 0. The number of ether oxygens (including phenoxy) is 1. The van der Waals surface area contributed by atoms with Crippen molar-refractivity contribution in [2.24, 2.45) is 7.05 Å². The van der Waals surface area contributed by atoms with Crippen LogP contribution >= 0.6 is 0 Å². The molecule has 0 radical (unpaired) electrons. The Labute approximate surface area is 113 Å². The SMILES string of the molecule is COC1Cc2[nH]c(=O)n(C)c(=O)c2C=C1c1cnco1. The van der Waals surface area contributed by atoms with E-state index in [9.17, 15) is 9.59 Å². The molecule has 1 aliphatic rings. The van der Waals surface area contributed by atoms with Gasteiger partial charge in [-0.15, -0.1) is 0 Å². The summed E-state index contributed by atoms with van der Waals surface area (Å²) in [5.74, 6) is 0.552. The molecule has 7 heteroatoms. The van der Waals surface area contributed by atoms with Gasteiger partial charge in [0.1, 0.15) is 0 Å². The average Bonchev–Trinajstić information content (AvgIpc) is 2.98. The molecule has 0 fully saturated rings. The van der Waals surface area contributed by atoms with E-state index >= 15 is 0 Å². The van der Waals surface area contributed by atoms with E-state index in [1.54, 1.807) is 19.4 Å². The number of oxazole rings is 1. The van der Waals surface area contributed by atoms with Crippen LogP contribution in [0.2, 0.25) is 0 Å². The molecule has 104 valence electrons. The molecule has 1 N–H and O–H groups in total. The van der Waals surface area contributed by atoms with Crippen LogP contribution in [-0.2, 0) is 18.2 Å². The standard InChI is InChI=1S/C13H13N3O4/c1-16-12(17)7-3-8(11-5-14-6-20-11)10(19-2)4-9(7)15-13(16)18/h3,5-6,10H,4H2,1-2H3,(H,15,18). The molecule has 2 aromatic rings. The highest BCUT2D eigenvalue weighted by atomic mass is 16.5. The lowest BCUT2D eigenvalue weighted by Crippen LogP contribution is -2.38. The Morgan fingerprint density at radius 2 is 2.30 bits per heavy atom. The van der Waals surface area contributed by atoms with Gasteiger partial charge in [-0.05, 0) is 6.08 Å². The smallest absolute Gasteiger partial charge is 0.328 e. The predicted molar refractivity (Wildman–Crippen MR) is 71.2 cm³/mol. The molecule has 0 amide bonds. The number of nitrogens with one attached hydrogen (secondary N) is 1. The number of nitrogens with zero attached hydrogens (tertiary/aromatic N) is 2. The molecule has 1 atom stereocenters. The summed E-state index contributed by atoms with van der Waals surface area (Å²) in [5.41, 5.74) is 0.997. The topological polar surface area (TPSA) is 90.1 Å².